The highest BCUT2D eigenvalue weighted by Crippen LogP contribution is 2.31. The van der Waals surface area contributed by atoms with E-state index in [1.54, 1.807) is 18.5 Å². The minimum absolute atomic E-state index is 0.240. The van der Waals surface area contributed by atoms with Crippen molar-refractivity contribution in [2.75, 3.05) is 11.9 Å². The Kier molecular flexibility index (Phi) is 4.10. The normalized spacial score (nSPS) is 10.8. The van der Waals surface area contributed by atoms with Gasteiger partial charge in [-0.25, -0.2) is 14.4 Å². The maximum absolute atomic E-state index is 13.0. The first-order chi connectivity index (χ1) is 9.13. The van der Waals surface area contributed by atoms with Crippen LogP contribution in [0.4, 0.5) is 10.2 Å². The van der Waals surface area contributed by atoms with Crippen molar-refractivity contribution in [2.24, 2.45) is 0 Å². The third-order valence-corrected chi connectivity index (χ3v) is 2.92. The van der Waals surface area contributed by atoms with Crippen LogP contribution < -0.4 is 5.32 Å². The average molecular weight is 259 g/mol. The summed E-state index contributed by atoms with van der Waals surface area (Å²) in [5.41, 5.74) is 2.84. The summed E-state index contributed by atoms with van der Waals surface area (Å²) in [5.74, 6) is 0.901. The maximum atomic E-state index is 13.0. The second kappa shape index (κ2) is 5.78. The summed E-state index contributed by atoms with van der Waals surface area (Å²) in [4.78, 5) is 8.67. The van der Waals surface area contributed by atoms with E-state index in [4.69, 9.17) is 0 Å². The Morgan fingerprint density at radius 2 is 1.84 bits per heavy atom. The van der Waals surface area contributed by atoms with Gasteiger partial charge in [-0.15, -0.1) is 0 Å². The van der Waals surface area contributed by atoms with E-state index in [-0.39, 0.29) is 11.7 Å². The molecule has 100 valence electrons. The van der Waals surface area contributed by atoms with Gasteiger partial charge in [-0.3, -0.25) is 0 Å². The van der Waals surface area contributed by atoms with Gasteiger partial charge in [0.2, 0.25) is 0 Å². The molecule has 2 aromatic rings. The minimum atomic E-state index is -0.240. The van der Waals surface area contributed by atoms with Crippen LogP contribution in [0, 0.1) is 5.82 Å². The number of anilines is 1. The van der Waals surface area contributed by atoms with Gasteiger partial charge in [0.05, 0.1) is 5.69 Å². The Labute approximate surface area is 112 Å². The number of hydrogen-bond donors (Lipinski definition) is 1. The lowest BCUT2D eigenvalue weighted by Gasteiger charge is -2.16. The summed E-state index contributed by atoms with van der Waals surface area (Å²) in [6.45, 7) is 7.04. The van der Waals surface area contributed by atoms with Gasteiger partial charge >= 0.3 is 0 Å². The molecule has 0 aliphatic rings. The van der Waals surface area contributed by atoms with Gasteiger partial charge in [0.25, 0.3) is 0 Å². The van der Waals surface area contributed by atoms with Gasteiger partial charge in [0, 0.05) is 17.7 Å². The SMILES string of the molecule is CCNc1ncnc(-c2ccc(F)cc2)c1C(C)C. The molecule has 19 heavy (non-hydrogen) atoms. The van der Waals surface area contributed by atoms with E-state index in [9.17, 15) is 4.39 Å². The quantitative estimate of drug-likeness (QED) is 0.906. The Morgan fingerprint density at radius 3 is 2.42 bits per heavy atom. The average Bonchev–Trinajstić information content (AvgIpc) is 2.39. The number of hydrogen-bond acceptors (Lipinski definition) is 3. The Morgan fingerprint density at radius 1 is 1.16 bits per heavy atom. The molecule has 0 unspecified atom stereocenters. The maximum Gasteiger partial charge on any atom is 0.133 e. The van der Waals surface area contributed by atoms with E-state index in [1.807, 2.05) is 6.92 Å². The van der Waals surface area contributed by atoms with Gasteiger partial charge in [-0.1, -0.05) is 13.8 Å². The Bertz CT molecular complexity index is 550. The summed E-state index contributed by atoms with van der Waals surface area (Å²) >= 11 is 0. The number of rotatable bonds is 4. The summed E-state index contributed by atoms with van der Waals surface area (Å²) < 4.78 is 13.0. The molecule has 0 aliphatic heterocycles. The fraction of sp³-hybridized carbons (Fsp3) is 0.333. The molecule has 4 heteroatoms. The Balaban J connectivity index is 2.55. The molecule has 0 radical (unpaired) electrons. The van der Waals surface area contributed by atoms with Crippen LogP contribution in [0.15, 0.2) is 30.6 Å². The highest BCUT2D eigenvalue weighted by Gasteiger charge is 2.15. The zero-order valence-electron chi connectivity index (χ0n) is 11.4. The summed E-state index contributed by atoms with van der Waals surface area (Å²) in [5, 5.41) is 3.25. The van der Waals surface area contributed by atoms with E-state index in [0.29, 0.717) is 0 Å². The number of nitrogens with one attached hydrogen (secondary N) is 1. The zero-order chi connectivity index (χ0) is 13.8. The fourth-order valence-electron chi connectivity index (χ4n) is 2.09. The molecule has 0 saturated carbocycles. The topological polar surface area (TPSA) is 37.8 Å². The van der Waals surface area contributed by atoms with Crippen molar-refractivity contribution in [3.05, 3.63) is 42.0 Å². The van der Waals surface area contributed by atoms with Crippen LogP contribution in [0.25, 0.3) is 11.3 Å². The van der Waals surface area contributed by atoms with Crippen molar-refractivity contribution in [3.8, 4) is 11.3 Å². The molecule has 1 N–H and O–H groups in total. The molecule has 0 saturated heterocycles. The molecule has 0 amide bonds. The van der Waals surface area contributed by atoms with Crippen molar-refractivity contribution in [2.45, 2.75) is 26.7 Å². The minimum Gasteiger partial charge on any atom is -0.370 e. The highest BCUT2D eigenvalue weighted by molar-refractivity contribution is 5.69. The molecular formula is C15H18FN3. The lowest BCUT2D eigenvalue weighted by molar-refractivity contribution is 0.628. The van der Waals surface area contributed by atoms with Crippen molar-refractivity contribution >= 4 is 5.82 Å². The second-order valence-corrected chi connectivity index (χ2v) is 4.68. The van der Waals surface area contributed by atoms with Crippen molar-refractivity contribution in [1.29, 1.82) is 0 Å². The molecule has 0 aliphatic carbocycles. The van der Waals surface area contributed by atoms with Gasteiger partial charge in [-0.05, 0) is 37.1 Å². The van der Waals surface area contributed by atoms with Crippen LogP contribution in [-0.2, 0) is 0 Å². The van der Waals surface area contributed by atoms with Crippen LogP contribution in [0.1, 0.15) is 32.3 Å². The third-order valence-electron chi connectivity index (χ3n) is 2.92. The molecule has 1 aromatic heterocycles. The molecule has 0 bridgehead atoms. The molecule has 2 rings (SSSR count). The highest BCUT2D eigenvalue weighted by atomic mass is 19.1. The van der Waals surface area contributed by atoms with Gasteiger partial charge < -0.3 is 5.32 Å². The first-order valence-corrected chi connectivity index (χ1v) is 6.48. The molecule has 0 spiro atoms. The predicted molar refractivity (Wildman–Crippen MR) is 75.7 cm³/mol. The summed E-state index contributed by atoms with van der Waals surface area (Å²) in [6.07, 6.45) is 1.54. The molecular weight excluding hydrogens is 241 g/mol. The van der Waals surface area contributed by atoms with E-state index in [1.165, 1.54) is 12.1 Å². The van der Waals surface area contributed by atoms with Crippen molar-refractivity contribution in [1.82, 2.24) is 9.97 Å². The van der Waals surface area contributed by atoms with E-state index in [2.05, 4.69) is 29.1 Å². The van der Waals surface area contributed by atoms with Gasteiger partial charge in [-0.2, -0.15) is 0 Å². The smallest absolute Gasteiger partial charge is 0.133 e. The van der Waals surface area contributed by atoms with Gasteiger partial charge in [0.15, 0.2) is 0 Å². The number of halogens is 1. The van der Waals surface area contributed by atoms with Crippen LogP contribution in [0.3, 0.4) is 0 Å². The number of benzene rings is 1. The van der Waals surface area contributed by atoms with Crippen LogP contribution >= 0.6 is 0 Å². The lowest BCUT2D eigenvalue weighted by atomic mass is 9.97. The van der Waals surface area contributed by atoms with E-state index >= 15 is 0 Å². The lowest BCUT2D eigenvalue weighted by Crippen LogP contribution is -2.07. The molecule has 3 nitrogen and oxygen atoms in total. The molecule has 1 aromatic carbocycles. The van der Waals surface area contributed by atoms with Crippen molar-refractivity contribution in [3.63, 3.8) is 0 Å². The number of aromatic nitrogens is 2. The first kappa shape index (κ1) is 13.5. The molecule has 0 atom stereocenters. The van der Waals surface area contributed by atoms with Crippen molar-refractivity contribution < 1.29 is 4.39 Å². The first-order valence-electron chi connectivity index (χ1n) is 6.48. The third kappa shape index (κ3) is 2.89. The van der Waals surface area contributed by atoms with Crippen LogP contribution in [-0.4, -0.2) is 16.5 Å². The van der Waals surface area contributed by atoms with Crippen LogP contribution in [0.2, 0.25) is 0 Å². The molecule has 0 fully saturated rings. The monoisotopic (exact) mass is 259 g/mol. The second-order valence-electron chi connectivity index (χ2n) is 4.68. The van der Waals surface area contributed by atoms with Crippen LogP contribution in [0.5, 0.6) is 0 Å². The fourth-order valence-corrected chi connectivity index (χ4v) is 2.09. The van der Waals surface area contributed by atoms with E-state index < -0.39 is 0 Å². The van der Waals surface area contributed by atoms with Gasteiger partial charge in [0.1, 0.15) is 18.0 Å². The zero-order valence-corrected chi connectivity index (χ0v) is 11.4. The standard InChI is InChI=1S/C15H18FN3/c1-4-17-15-13(10(2)3)14(18-9-19-15)11-5-7-12(16)8-6-11/h5-10H,4H2,1-3H3,(H,17,18,19). The largest absolute Gasteiger partial charge is 0.370 e. The summed E-state index contributed by atoms with van der Waals surface area (Å²) in [7, 11) is 0. The number of nitrogens with zero attached hydrogens (tertiary/aromatic N) is 2. The van der Waals surface area contributed by atoms with E-state index in [0.717, 1.165) is 29.2 Å². The summed E-state index contributed by atoms with van der Waals surface area (Å²) in [6, 6.07) is 6.40. The molecule has 1 heterocycles. The Hall–Kier alpha value is -1.97. The predicted octanol–water partition coefficient (Wildman–Crippen LogP) is 3.84.